The van der Waals surface area contributed by atoms with Crippen LogP contribution in [0.3, 0.4) is 0 Å². The lowest BCUT2D eigenvalue weighted by Crippen LogP contribution is -2.22. The van der Waals surface area contributed by atoms with Crippen molar-refractivity contribution in [1.82, 2.24) is 0 Å². The minimum Gasteiger partial charge on any atom is -0.496 e. The minimum atomic E-state index is -0.514. The highest BCUT2D eigenvalue weighted by Gasteiger charge is 2.34. The van der Waals surface area contributed by atoms with Crippen LogP contribution in [0.5, 0.6) is 17.2 Å². The Labute approximate surface area is 206 Å². The third-order valence-electron chi connectivity index (χ3n) is 6.03. The van der Waals surface area contributed by atoms with Crippen molar-refractivity contribution in [3.8, 4) is 28.6 Å². The number of fused-ring (bicyclic) bond motifs is 3. The fraction of sp³-hybridized carbons (Fsp3) is 0.179. The summed E-state index contributed by atoms with van der Waals surface area (Å²) in [5, 5.41) is 0.261. The molecule has 5 rings (SSSR count). The van der Waals surface area contributed by atoms with Crippen LogP contribution in [0.25, 0.3) is 22.3 Å². The van der Waals surface area contributed by atoms with Crippen molar-refractivity contribution >= 4 is 22.9 Å². The van der Waals surface area contributed by atoms with Crippen molar-refractivity contribution in [3.63, 3.8) is 0 Å². The van der Waals surface area contributed by atoms with Gasteiger partial charge in [-0.15, -0.1) is 0 Å². The van der Waals surface area contributed by atoms with Crippen LogP contribution in [-0.2, 0) is 14.3 Å². The monoisotopic (exact) mass is 486 g/mol. The Balaban J connectivity index is 1.71. The number of hydrogen-bond acceptors (Lipinski definition) is 8. The Morgan fingerprint density at radius 1 is 1.00 bits per heavy atom. The smallest absolute Gasteiger partial charge is 0.343 e. The van der Waals surface area contributed by atoms with E-state index in [4.69, 9.17) is 18.6 Å². The molecule has 8 heteroatoms. The summed E-state index contributed by atoms with van der Waals surface area (Å²) in [7, 11) is 2.72. The Morgan fingerprint density at radius 2 is 1.81 bits per heavy atom. The number of benzene rings is 3. The highest BCUT2D eigenvalue weighted by Crippen LogP contribution is 2.46. The van der Waals surface area contributed by atoms with E-state index in [9.17, 15) is 14.4 Å². The standard InChI is InChI=1S/C28H22O8/c1-32-22-14-23-26(28-27(22)20(29)13-21(36-28)16-7-4-3-5-8-16)19(12-24(30)35-23)17-9-6-10-18(11-17)34-15-25(31)33-2/h3-11,13-14,19H,12,15H2,1-2H3. The summed E-state index contributed by atoms with van der Waals surface area (Å²) in [6, 6.07) is 19.3. The van der Waals surface area contributed by atoms with Crippen LogP contribution in [0.1, 0.15) is 23.5 Å². The molecule has 4 aromatic rings. The van der Waals surface area contributed by atoms with Crippen molar-refractivity contribution in [2.45, 2.75) is 12.3 Å². The van der Waals surface area contributed by atoms with Crippen LogP contribution in [0, 0.1) is 0 Å². The molecule has 0 fully saturated rings. The quantitative estimate of drug-likeness (QED) is 0.291. The van der Waals surface area contributed by atoms with Crippen molar-refractivity contribution in [3.05, 3.63) is 88.1 Å². The van der Waals surface area contributed by atoms with Gasteiger partial charge in [-0.25, -0.2) is 4.79 Å². The summed E-state index contributed by atoms with van der Waals surface area (Å²) in [5.41, 5.74) is 2.03. The lowest BCUT2D eigenvalue weighted by Gasteiger charge is -2.26. The number of ether oxygens (including phenoxy) is 4. The maximum Gasteiger partial charge on any atom is 0.343 e. The zero-order valence-electron chi connectivity index (χ0n) is 19.6. The molecule has 0 N–H and O–H groups in total. The Hall–Kier alpha value is -4.59. The fourth-order valence-electron chi connectivity index (χ4n) is 4.36. The van der Waals surface area contributed by atoms with E-state index in [-0.39, 0.29) is 40.9 Å². The van der Waals surface area contributed by atoms with Crippen LogP contribution >= 0.6 is 0 Å². The number of esters is 2. The van der Waals surface area contributed by atoms with E-state index in [1.54, 1.807) is 24.3 Å². The number of carbonyl (C=O) groups is 2. The third kappa shape index (κ3) is 4.29. The molecule has 1 aliphatic heterocycles. The van der Waals surface area contributed by atoms with Crippen molar-refractivity contribution < 1.29 is 33.0 Å². The average Bonchev–Trinajstić information content (AvgIpc) is 2.91. The predicted octanol–water partition coefficient (Wildman–Crippen LogP) is 4.46. The molecule has 1 atom stereocenters. The van der Waals surface area contributed by atoms with E-state index in [0.717, 1.165) is 11.1 Å². The van der Waals surface area contributed by atoms with Crippen LogP contribution < -0.4 is 19.6 Å². The molecule has 0 spiro atoms. The molecule has 1 aliphatic rings. The minimum absolute atomic E-state index is 0.0220. The van der Waals surface area contributed by atoms with Crippen LogP contribution in [-0.4, -0.2) is 32.8 Å². The first-order chi connectivity index (χ1) is 17.5. The molecule has 3 aromatic carbocycles. The van der Waals surface area contributed by atoms with Crippen LogP contribution in [0.4, 0.5) is 0 Å². The summed E-state index contributed by atoms with van der Waals surface area (Å²) in [4.78, 5) is 37.4. The van der Waals surface area contributed by atoms with E-state index >= 15 is 0 Å². The molecule has 2 heterocycles. The molecule has 8 nitrogen and oxygen atoms in total. The van der Waals surface area contributed by atoms with Crippen LogP contribution in [0.15, 0.2) is 75.9 Å². The maximum absolute atomic E-state index is 13.3. The molecule has 0 saturated carbocycles. The topological polar surface area (TPSA) is 101 Å². The van der Waals surface area contributed by atoms with Gasteiger partial charge in [0.25, 0.3) is 0 Å². The summed E-state index contributed by atoms with van der Waals surface area (Å²) in [6.45, 7) is -0.251. The highest BCUT2D eigenvalue weighted by molar-refractivity contribution is 5.93. The molecule has 1 aromatic heterocycles. The second kappa shape index (κ2) is 9.58. The van der Waals surface area contributed by atoms with E-state index in [0.29, 0.717) is 17.1 Å². The number of methoxy groups -OCH3 is 2. The summed E-state index contributed by atoms with van der Waals surface area (Å²) >= 11 is 0. The molecule has 0 radical (unpaired) electrons. The van der Waals surface area contributed by atoms with Crippen LogP contribution in [0.2, 0.25) is 0 Å². The maximum atomic E-state index is 13.3. The highest BCUT2D eigenvalue weighted by atomic mass is 16.6. The van der Waals surface area contributed by atoms with E-state index < -0.39 is 17.9 Å². The zero-order valence-corrected chi connectivity index (χ0v) is 19.6. The normalized spacial score (nSPS) is 14.6. The van der Waals surface area contributed by atoms with Gasteiger partial charge in [0.15, 0.2) is 12.0 Å². The van der Waals surface area contributed by atoms with E-state index in [1.165, 1.54) is 20.3 Å². The van der Waals surface area contributed by atoms with Gasteiger partial charge in [-0.05, 0) is 17.7 Å². The first-order valence-corrected chi connectivity index (χ1v) is 11.2. The first kappa shape index (κ1) is 23.2. The van der Waals surface area contributed by atoms with Gasteiger partial charge in [-0.2, -0.15) is 0 Å². The van der Waals surface area contributed by atoms with Gasteiger partial charge < -0.3 is 23.4 Å². The lowest BCUT2D eigenvalue weighted by atomic mass is 9.85. The zero-order chi connectivity index (χ0) is 25.2. The van der Waals surface area contributed by atoms with Gasteiger partial charge >= 0.3 is 11.9 Å². The van der Waals surface area contributed by atoms with Gasteiger partial charge in [-0.3, -0.25) is 9.59 Å². The molecule has 0 amide bonds. The van der Waals surface area contributed by atoms with Gasteiger partial charge in [0.1, 0.15) is 34.0 Å². The lowest BCUT2D eigenvalue weighted by molar-refractivity contribution is -0.143. The second-order valence-electron chi connectivity index (χ2n) is 8.20. The molecular weight excluding hydrogens is 464 g/mol. The van der Waals surface area contributed by atoms with Gasteiger partial charge in [0, 0.05) is 29.2 Å². The SMILES string of the molecule is COC(=O)COc1cccc(C2CC(=O)Oc3cc(OC)c4c(=O)cc(-c5ccccc5)oc4c32)c1. The average molecular weight is 486 g/mol. The summed E-state index contributed by atoms with van der Waals surface area (Å²) in [6.07, 6.45) is 0.0220. The molecule has 1 unspecified atom stereocenters. The molecular formula is C28H22O8. The third-order valence-corrected chi connectivity index (χ3v) is 6.03. The van der Waals surface area contributed by atoms with E-state index in [2.05, 4.69) is 4.74 Å². The first-order valence-electron chi connectivity index (χ1n) is 11.2. The summed E-state index contributed by atoms with van der Waals surface area (Å²) in [5.74, 6) is -0.116. The fourth-order valence-corrected chi connectivity index (χ4v) is 4.36. The predicted molar refractivity (Wildman–Crippen MR) is 131 cm³/mol. The van der Waals surface area contributed by atoms with Gasteiger partial charge in [-0.1, -0.05) is 42.5 Å². The van der Waals surface area contributed by atoms with Crippen molar-refractivity contribution in [1.29, 1.82) is 0 Å². The number of hydrogen-bond donors (Lipinski definition) is 0. The Kier molecular flexibility index (Phi) is 6.16. The molecule has 0 bridgehead atoms. The Bertz CT molecular complexity index is 1520. The van der Waals surface area contributed by atoms with Crippen molar-refractivity contribution in [2.24, 2.45) is 0 Å². The summed E-state index contributed by atoms with van der Waals surface area (Å²) < 4.78 is 27.5. The van der Waals surface area contributed by atoms with Crippen molar-refractivity contribution in [2.75, 3.05) is 20.8 Å². The van der Waals surface area contributed by atoms with Gasteiger partial charge in [0.05, 0.1) is 20.6 Å². The number of rotatable bonds is 6. The largest absolute Gasteiger partial charge is 0.496 e. The Morgan fingerprint density at radius 3 is 2.56 bits per heavy atom. The van der Waals surface area contributed by atoms with E-state index in [1.807, 2.05) is 36.4 Å². The number of carbonyl (C=O) groups excluding carboxylic acids is 2. The molecule has 182 valence electrons. The molecule has 0 aliphatic carbocycles. The molecule has 0 saturated heterocycles. The molecule has 36 heavy (non-hydrogen) atoms. The van der Waals surface area contributed by atoms with Gasteiger partial charge in [0.2, 0.25) is 0 Å². The second-order valence-corrected chi connectivity index (χ2v) is 8.20.